The Kier molecular flexibility index (Phi) is 5.25. The zero-order valence-corrected chi connectivity index (χ0v) is 15.2. The fraction of sp³-hybridized carbons (Fsp3) is 0. The predicted octanol–water partition coefficient (Wildman–Crippen LogP) is 5.21. The molecular formula is C23H16FN3O2. The Morgan fingerprint density at radius 1 is 1.03 bits per heavy atom. The Hall–Kier alpha value is -4.06. The monoisotopic (exact) mass is 385 g/mol. The SMILES string of the molecule is O=C(/C=C/c1ccc(Oc2cccnc2)c(F)c1)Nc1cccc2ncccc12. The molecule has 1 amide bonds. The van der Waals surface area contributed by atoms with Gasteiger partial charge in [0.15, 0.2) is 11.6 Å². The van der Waals surface area contributed by atoms with Crippen molar-refractivity contribution in [3.05, 3.63) is 96.7 Å². The lowest BCUT2D eigenvalue weighted by Crippen LogP contribution is -2.08. The minimum Gasteiger partial charge on any atom is -0.453 e. The van der Waals surface area contributed by atoms with E-state index in [1.807, 2.05) is 24.3 Å². The number of aromatic nitrogens is 2. The highest BCUT2D eigenvalue weighted by molar-refractivity contribution is 6.06. The average molecular weight is 385 g/mol. The van der Waals surface area contributed by atoms with Gasteiger partial charge in [0.1, 0.15) is 5.75 Å². The lowest BCUT2D eigenvalue weighted by Gasteiger charge is -2.07. The molecule has 0 saturated carbocycles. The summed E-state index contributed by atoms with van der Waals surface area (Å²) in [6.45, 7) is 0. The molecule has 4 aromatic rings. The minimum atomic E-state index is -0.531. The van der Waals surface area contributed by atoms with Gasteiger partial charge in [-0.3, -0.25) is 14.8 Å². The highest BCUT2D eigenvalue weighted by Gasteiger charge is 2.07. The van der Waals surface area contributed by atoms with Crippen molar-refractivity contribution in [1.29, 1.82) is 0 Å². The van der Waals surface area contributed by atoms with Crippen LogP contribution < -0.4 is 10.1 Å². The van der Waals surface area contributed by atoms with Gasteiger partial charge in [-0.1, -0.05) is 12.1 Å². The van der Waals surface area contributed by atoms with Gasteiger partial charge in [-0.25, -0.2) is 4.39 Å². The summed E-state index contributed by atoms with van der Waals surface area (Å²) in [5.74, 6) is -0.324. The normalized spacial score (nSPS) is 10.9. The molecule has 2 aromatic carbocycles. The first kappa shape index (κ1) is 18.3. The third-order valence-electron chi connectivity index (χ3n) is 4.15. The molecule has 0 aliphatic rings. The van der Waals surface area contributed by atoms with E-state index in [4.69, 9.17) is 4.74 Å². The topological polar surface area (TPSA) is 64.1 Å². The average Bonchev–Trinajstić information content (AvgIpc) is 2.75. The van der Waals surface area contributed by atoms with Crippen LogP contribution in [0.3, 0.4) is 0 Å². The molecule has 0 bridgehead atoms. The number of halogens is 1. The molecule has 6 heteroatoms. The number of carbonyl (C=O) groups is 1. The first-order valence-corrected chi connectivity index (χ1v) is 8.89. The van der Waals surface area contributed by atoms with Crippen molar-refractivity contribution in [1.82, 2.24) is 9.97 Å². The molecular weight excluding hydrogens is 369 g/mol. The standard InChI is InChI=1S/C23H16FN3O2/c24-19-14-16(8-10-22(19)29-17-4-2-12-25-15-17)9-11-23(28)27-21-7-1-6-20-18(21)5-3-13-26-20/h1-15H,(H,27,28)/b11-9+. The molecule has 2 heterocycles. The summed E-state index contributed by atoms with van der Waals surface area (Å²) in [6, 6.07) is 17.1. The maximum absolute atomic E-state index is 14.3. The van der Waals surface area contributed by atoms with E-state index < -0.39 is 5.82 Å². The minimum absolute atomic E-state index is 0.0860. The van der Waals surface area contributed by atoms with Crippen molar-refractivity contribution >= 4 is 28.6 Å². The number of anilines is 1. The first-order valence-electron chi connectivity index (χ1n) is 8.89. The Bertz CT molecular complexity index is 1190. The number of hydrogen-bond acceptors (Lipinski definition) is 4. The second-order valence-electron chi connectivity index (χ2n) is 6.18. The number of ether oxygens (including phenoxy) is 1. The fourth-order valence-corrected chi connectivity index (χ4v) is 2.80. The molecule has 0 atom stereocenters. The summed E-state index contributed by atoms with van der Waals surface area (Å²) in [5, 5.41) is 3.67. The van der Waals surface area contributed by atoms with E-state index in [1.165, 1.54) is 30.5 Å². The molecule has 0 aliphatic carbocycles. The molecule has 0 fully saturated rings. The van der Waals surface area contributed by atoms with Crippen LogP contribution in [0, 0.1) is 5.82 Å². The molecule has 0 radical (unpaired) electrons. The van der Waals surface area contributed by atoms with Crippen LogP contribution in [-0.4, -0.2) is 15.9 Å². The molecule has 1 N–H and O–H groups in total. The van der Waals surface area contributed by atoms with Gasteiger partial charge in [-0.2, -0.15) is 0 Å². The molecule has 0 unspecified atom stereocenters. The van der Waals surface area contributed by atoms with Crippen molar-refractivity contribution in [2.75, 3.05) is 5.32 Å². The Morgan fingerprint density at radius 3 is 2.76 bits per heavy atom. The van der Waals surface area contributed by atoms with Crippen LogP contribution in [0.25, 0.3) is 17.0 Å². The van der Waals surface area contributed by atoms with Crippen LogP contribution in [0.1, 0.15) is 5.56 Å². The molecule has 0 aliphatic heterocycles. The van der Waals surface area contributed by atoms with E-state index in [-0.39, 0.29) is 11.7 Å². The molecule has 5 nitrogen and oxygen atoms in total. The van der Waals surface area contributed by atoms with Crippen molar-refractivity contribution in [2.45, 2.75) is 0 Å². The van der Waals surface area contributed by atoms with Crippen LogP contribution in [-0.2, 0) is 4.79 Å². The second-order valence-corrected chi connectivity index (χ2v) is 6.18. The highest BCUT2D eigenvalue weighted by atomic mass is 19.1. The molecule has 0 saturated heterocycles. The van der Waals surface area contributed by atoms with Gasteiger partial charge in [0.25, 0.3) is 0 Å². The quantitative estimate of drug-likeness (QED) is 0.479. The van der Waals surface area contributed by atoms with E-state index in [0.717, 1.165) is 10.9 Å². The largest absolute Gasteiger partial charge is 0.453 e. The van der Waals surface area contributed by atoms with Crippen molar-refractivity contribution in [2.24, 2.45) is 0 Å². The van der Waals surface area contributed by atoms with E-state index in [0.29, 0.717) is 17.0 Å². The van der Waals surface area contributed by atoms with Crippen LogP contribution in [0.15, 0.2) is 85.3 Å². The maximum Gasteiger partial charge on any atom is 0.248 e. The van der Waals surface area contributed by atoms with Gasteiger partial charge in [0.2, 0.25) is 5.91 Å². The van der Waals surface area contributed by atoms with E-state index >= 15 is 0 Å². The molecule has 4 rings (SSSR count). The van der Waals surface area contributed by atoms with Gasteiger partial charge in [0.05, 0.1) is 17.4 Å². The number of hydrogen-bond donors (Lipinski definition) is 1. The van der Waals surface area contributed by atoms with Gasteiger partial charge in [0, 0.05) is 23.9 Å². The second kappa shape index (κ2) is 8.31. The maximum atomic E-state index is 14.3. The first-order chi connectivity index (χ1) is 14.2. The third kappa shape index (κ3) is 4.44. The Balaban J connectivity index is 1.46. The summed E-state index contributed by atoms with van der Waals surface area (Å²) < 4.78 is 19.8. The number of amides is 1. The van der Waals surface area contributed by atoms with Crippen molar-refractivity contribution in [3.63, 3.8) is 0 Å². The Labute approximate surface area is 166 Å². The van der Waals surface area contributed by atoms with Crippen LogP contribution >= 0.6 is 0 Å². The fourth-order valence-electron chi connectivity index (χ4n) is 2.80. The summed E-state index contributed by atoms with van der Waals surface area (Å²) >= 11 is 0. The van der Waals surface area contributed by atoms with Crippen molar-refractivity contribution in [3.8, 4) is 11.5 Å². The number of nitrogens with one attached hydrogen (secondary N) is 1. The number of pyridine rings is 2. The number of rotatable bonds is 5. The van der Waals surface area contributed by atoms with Crippen LogP contribution in [0.5, 0.6) is 11.5 Å². The molecule has 29 heavy (non-hydrogen) atoms. The van der Waals surface area contributed by atoms with Gasteiger partial charge in [-0.05, 0) is 60.2 Å². The lowest BCUT2D eigenvalue weighted by atomic mass is 10.1. The van der Waals surface area contributed by atoms with Crippen LogP contribution in [0.4, 0.5) is 10.1 Å². The third-order valence-corrected chi connectivity index (χ3v) is 4.15. The predicted molar refractivity (Wildman–Crippen MR) is 110 cm³/mol. The van der Waals surface area contributed by atoms with Gasteiger partial charge < -0.3 is 10.1 Å². The smallest absolute Gasteiger partial charge is 0.248 e. The lowest BCUT2D eigenvalue weighted by molar-refractivity contribution is -0.111. The summed E-state index contributed by atoms with van der Waals surface area (Å²) in [4.78, 5) is 20.5. The Morgan fingerprint density at radius 2 is 1.93 bits per heavy atom. The van der Waals surface area contributed by atoms with E-state index in [1.54, 1.807) is 36.7 Å². The van der Waals surface area contributed by atoms with Gasteiger partial charge in [-0.15, -0.1) is 0 Å². The summed E-state index contributed by atoms with van der Waals surface area (Å²) in [5.41, 5.74) is 1.99. The summed E-state index contributed by atoms with van der Waals surface area (Å²) in [6.07, 6.45) is 7.70. The zero-order chi connectivity index (χ0) is 20.1. The highest BCUT2D eigenvalue weighted by Crippen LogP contribution is 2.25. The molecule has 0 spiro atoms. The van der Waals surface area contributed by atoms with Crippen molar-refractivity contribution < 1.29 is 13.9 Å². The van der Waals surface area contributed by atoms with E-state index in [2.05, 4.69) is 15.3 Å². The van der Waals surface area contributed by atoms with Crippen LogP contribution in [0.2, 0.25) is 0 Å². The number of fused-ring (bicyclic) bond motifs is 1. The summed E-state index contributed by atoms with van der Waals surface area (Å²) in [7, 11) is 0. The van der Waals surface area contributed by atoms with E-state index in [9.17, 15) is 9.18 Å². The molecule has 2 aromatic heterocycles. The number of benzene rings is 2. The number of nitrogens with zero attached hydrogens (tertiary/aromatic N) is 2. The number of carbonyl (C=O) groups excluding carboxylic acids is 1. The zero-order valence-electron chi connectivity index (χ0n) is 15.2. The van der Waals surface area contributed by atoms with Gasteiger partial charge >= 0.3 is 0 Å². The molecule has 142 valence electrons.